The van der Waals surface area contributed by atoms with Gasteiger partial charge < -0.3 is 21.1 Å². The van der Waals surface area contributed by atoms with Crippen LogP contribution in [0.15, 0.2) is 29.2 Å². The summed E-state index contributed by atoms with van der Waals surface area (Å²) in [5.74, 6) is -4.28. The number of hydrogen-bond acceptors (Lipinski definition) is 6. The molecule has 0 bridgehead atoms. The van der Waals surface area contributed by atoms with Crippen molar-refractivity contribution in [3.63, 3.8) is 0 Å². The molecule has 2 atom stereocenters. The van der Waals surface area contributed by atoms with Crippen molar-refractivity contribution in [2.24, 2.45) is 5.73 Å². The first kappa shape index (κ1) is 17.8. The Morgan fingerprint density at radius 2 is 1.67 bits per heavy atom. The second-order valence-electron chi connectivity index (χ2n) is 5.40. The quantitative estimate of drug-likeness (QED) is 0.515. The summed E-state index contributed by atoms with van der Waals surface area (Å²) in [5, 5.41) is 27.1. The minimum Gasteiger partial charge on any atom is -0.480 e. The highest BCUT2D eigenvalue weighted by Crippen LogP contribution is 2.31. The molecule has 11 heteroatoms. The maximum atomic E-state index is 12.6. The van der Waals surface area contributed by atoms with E-state index in [9.17, 15) is 27.9 Å². The lowest BCUT2D eigenvalue weighted by Crippen LogP contribution is -2.50. The second-order valence-corrected chi connectivity index (χ2v) is 7.29. The normalized spacial score (nSPS) is 24.6. The van der Waals surface area contributed by atoms with E-state index in [-0.39, 0.29) is 10.5 Å². The van der Waals surface area contributed by atoms with E-state index >= 15 is 0 Å². The fourth-order valence-corrected chi connectivity index (χ4v) is 4.07. The Labute approximate surface area is 136 Å². The molecule has 1 saturated heterocycles. The van der Waals surface area contributed by atoms with E-state index < -0.39 is 52.5 Å². The molecule has 1 aliphatic heterocycles. The van der Waals surface area contributed by atoms with Crippen molar-refractivity contribution in [1.29, 1.82) is 0 Å². The molecule has 24 heavy (non-hydrogen) atoms. The standard InChI is InChI=1S/C13H14N2O8S/c14-13(12(20)21)5-9(11(18)19)15(6-13)24(22,23)8-3-1-7(2-4-8)10(16)17/h1-4,9H,5-6,14H2,(H,16,17)(H,18,19)(H,20,21)/t9-,13+/m1/s1. The summed E-state index contributed by atoms with van der Waals surface area (Å²) in [7, 11) is -4.36. The fraction of sp³-hybridized carbons (Fsp3) is 0.308. The lowest BCUT2D eigenvalue weighted by molar-refractivity contribution is -0.142. The van der Waals surface area contributed by atoms with Crippen molar-refractivity contribution in [3.8, 4) is 0 Å². The van der Waals surface area contributed by atoms with E-state index in [2.05, 4.69) is 0 Å². The van der Waals surface area contributed by atoms with Gasteiger partial charge in [0.1, 0.15) is 11.6 Å². The van der Waals surface area contributed by atoms with Crippen LogP contribution in [-0.4, -0.2) is 64.1 Å². The largest absolute Gasteiger partial charge is 0.480 e. The zero-order valence-electron chi connectivity index (χ0n) is 12.1. The van der Waals surface area contributed by atoms with Crippen LogP contribution in [0.1, 0.15) is 16.8 Å². The molecule has 1 aromatic carbocycles. The van der Waals surface area contributed by atoms with Crippen LogP contribution in [-0.2, 0) is 19.6 Å². The molecule has 10 nitrogen and oxygen atoms in total. The van der Waals surface area contributed by atoms with Crippen LogP contribution in [0.4, 0.5) is 0 Å². The van der Waals surface area contributed by atoms with Gasteiger partial charge >= 0.3 is 17.9 Å². The molecule has 0 amide bonds. The molecule has 130 valence electrons. The molecular formula is C13H14N2O8S. The first-order valence-electron chi connectivity index (χ1n) is 6.59. The number of aliphatic carboxylic acids is 2. The average molecular weight is 358 g/mol. The van der Waals surface area contributed by atoms with E-state index in [1.807, 2.05) is 0 Å². The summed E-state index contributed by atoms with van der Waals surface area (Å²) in [4.78, 5) is 33.0. The van der Waals surface area contributed by atoms with Gasteiger partial charge in [0.15, 0.2) is 0 Å². The van der Waals surface area contributed by atoms with Gasteiger partial charge in [0, 0.05) is 13.0 Å². The van der Waals surface area contributed by atoms with Crippen molar-refractivity contribution in [3.05, 3.63) is 29.8 Å². The summed E-state index contributed by atoms with van der Waals surface area (Å²) >= 11 is 0. The number of nitrogens with two attached hydrogens (primary N) is 1. The zero-order chi connectivity index (χ0) is 18.3. The number of aromatic carboxylic acids is 1. The summed E-state index contributed by atoms with van der Waals surface area (Å²) in [6.07, 6.45) is -0.579. The number of sulfonamides is 1. The topological polar surface area (TPSA) is 175 Å². The monoisotopic (exact) mass is 358 g/mol. The molecule has 0 unspecified atom stereocenters. The maximum Gasteiger partial charge on any atom is 0.335 e. The third-order valence-corrected chi connectivity index (χ3v) is 5.63. The minimum absolute atomic E-state index is 0.149. The number of hydrogen-bond donors (Lipinski definition) is 4. The Morgan fingerprint density at radius 3 is 2.08 bits per heavy atom. The van der Waals surface area contributed by atoms with Gasteiger partial charge in [0.05, 0.1) is 10.5 Å². The van der Waals surface area contributed by atoms with Gasteiger partial charge in [-0.25, -0.2) is 13.2 Å². The lowest BCUT2D eigenvalue weighted by Gasteiger charge is -2.21. The average Bonchev–Trinajstić information content (AvgIpc) is 2.88. The molecular weight excluding hydrogens is 344 g/mol. The third kappa shape index (κ3) is 2.96. The Bertz CT molecular complexity index is 804. The molecule has 1 aliphatic rings. The molecule has 1 aromatic rings. The Kier molecular flexibility index (Phi) is 4.35. The fourth-order valence-electron chi connectivity index (χ4n) is 2.42. The van der Waals surface area contributed by atoms with Crippen molar-refractivity contribution < 1.29 is 38.1 Å². The lowest BCUT2D eigenvalue weighted by atomic mass is 9.98. The van der Waals surface area contributed by atoms with E-state index in [1.54, 1.807) is 0 Å². The van der Waals surface area contributed by atoms with E-state index in [0.717, 1.165) is 24.3 Å². The van der Waals surface area contributed by atoms with Gasteiger partial charge in [-0.1, -0.05) is 0 Å². The van der Waals surface area contributed by atoms with Crippen molar-refractivity contribution in [1.82, 2.24) is 4.31 Å². The third-order valence-electron chi connectivity index (χ3n) is 3.76. The van der Waals surface area contributed by atoms with Crippen LogP contribution in [0.3, 0.4) is 0 Å². The Morgan fingerprint density at radius 1 is 1.12 bits per heavy atom. The minimum atomic E-state index is -4.36. The number of benzene rings is 1. The molecule has 0 spiro atoms. The maximum absolute atomic E-state index is 12.6. The SMILES string of the molecule is N[C@@]1(C(=O)O)C[C@H](C(=O)O)N(S(=O)(=O)c2ccc(C(=O)O)cc2)C1. The van der Waals surface area contributed by atoms with Gasteiger partial charge in [0.2, 0.25) is 10.0 Å². The highest BCUT2D eigenvalue weighted by atomic mass is 32.2. The zero-order valence-corrected chi connectivity index (χ0v) is 12.9. The van der Waals surface area contributed by atoms with Crippen LogP contribution in [0.25, 0.3) is 0 Å². The summed E-state index contributed by atoms with van der Waals surface area (Å²) in [5.41, 5.74) is 3.45. The molecule has 1 fully saturated rings. The number of carboxylic acids is 3. The molecule has 2 rings (SSSR count). The second kappa shape index (κ2) is 5.85. The molecule has 0 aromatic heterocycles. The first-order chi connectivity index (χ1) is 11.0. The Hall–Kier alpha value is -2.50. The van der Waals surface area contributed by atoms with Crippen LogP contribution < -0.4 is 5.73 Å². The van der Waals surface area contributed by atoms with Gasteiger partial charge in [-0.3, -0.25) is 9.59 Å². The highest BCUT2D eigenvalue weighted by molar-refractivity contribution is 7.89. The first-order valence-corrected chi connectivity index (χ1v) is 8.03. The Balaban J connectivity index is 2.44. The molecule has 1 heterocycles. The number of carboxylic acid groups (broad SMARTS) is 3. The van der Waals surface area contributed by atoms with Gasteiger partial charge in [0.25, 0.3) is 0 Å². The molecule has 0 radical (unpaired) electrons. The van der Waals surface area contributed by atoms with Crippen LogP contribution in [0, 0.1) is 0 Å². The summed E-state index contributed by atoms with van der Waals surface area (Å²) in [6, 6.07) is 2.49. The van der Waals surface area contributed by atoms with Crippen LogP contribution in [0.5, 0.6) is 0 Å². The van der Waals surface area contributed by atoms with Crippen LogP contribution in [0.2, 0.25) is 0 Å². The van der Waals surface area contributed by atoms with Gasteiger partial charge in [-0.15, -0.1) is 0 Å². The summed E-state index contributed by atoms with van der Waals surface area (Å²) < 4.78 is 25.7. The number of carbonyl (C=O) groups is 3. The highest BCUT2D eigenvalue weighted by Gasteiger charge is 2.53. The number of nitrogens with zero attached hydrogens (tertiary/aromatic N) is 1. The molecule has 5 N–H and O–H groups in total. The van der Waals surface area contributed by atoms with Crippen molar-refractivity contribution in [2.75, 3.05) is 6.54 Å². The van der Waals surface area contributed by atoms with Crippen molar-refractivity contribution >= 4 is 27.9 Å². The van der Waals surface area contributed by atoms with E-state index in [1.165, 1.54) is 0 Å². The van der Waals surface area contributed by atoms with Gasteiger partial charge in [-0.2, -0.15) is 4.31 Å². The van der Waals surface area contributed by atoms with E-state index in [4.69, 9.17) is 15.9 Å². The smallest absolute Gasteiger partial charge is 0.335 e. The van der Waals surface area contributed by atoms with Crippen LogP contribution >= 0.6 is 0 Å². The van der Waals surface area contributed by atoms with Crippen molar-refractivity contribution in [2.45, 2.75) is 22.9 Å². The predicted molar refractivity (Wildman–Crippen MR) is 77.9 cm³/mol. The van der Waals surface area contributed by atoms with E-state index in [0.29, 0.717) is 4.31 Å². The molecule has 0 aliphatic carbocycles. The molecule has 0 saturated carbocycles. The summed E-state index contributed by atoms with van der Waals surface area (Å²) in [6.45, 7) is -0.706. The van der Waals surface area contributed by atoms with Gasteiger partial charge in [-0.05, 0) is 24.3 Å². The predicted octanol–water partition coefficient (Wildman–Crippen LogP) is -0.985. The number of rotatable bonds is 5.